The van der Waals surface area contributed by atoms with Crippen LogP contribution in [0.1, 0.15) is 46.1 Å². The molecule has 234 valence electrons. The molecular formula is C26H36Cl3N5O6S2. The van der Waals surface area contributed by atoms with Gasteiger partial charge in [-0.25, -0.2) is 36.5 Å². The third kappa shape index (κ3) is 13.0. The number of hydrogen-bond donors (Lipinski definition) is 3. The first-order valence-electron chi connectivity index (χ1n) is 13.0. The van der Waals surface area contributed by atoms with E-state index >= 15 is 0 Å². The van der Waals surface area contributed by atoms with Gasteiger partial charge in [0.25, 0.3) is 9.05 Å². The van der Waals surface area contributed by atoms with Crippen molar-refractivity contribution in [2.45, 2.75) is 69.1 Å². The Morgan fingerprint density at radius 2 is 1.64 bits per heavy atom. The highest BCUT2D eigenvalue weighted by atomic mass is 35.7. The van der Waals surface area contributed by atoms with Crippen molar-refractivity contribution in [1.29, 1.82) is 0 Å². The van der Waals surface area contributed by atoms with Crippen molar-refractivity contribution in [3.63, 3.8) is 0 Å². The van der Waals surface area contributed by atoms with Crippen molar-refractivity contribution in [1.82, 2.24) is 25.0 Å². The van der Waals surface area contributed by atoms with E-state index in [4.69, 9.17) is 38.6 Å². The van der Waals surface area contributed by atoms with Crippen LogP contribution in [0.3, 0.4) is 0 Å². The largest absolute Gasteiger partial charge is 0.472 e. The van der Waals surface area contributed by atoms with Gasteiger partial charge in [-0.3, -0.25) is 0 Å². The summed E-state index contributed by atoms with van der Waals surface area (Å²) in [5, 5.41) is 12.8. The van der Waals surface area contributed by atoms with E-state index < -0.39 is 19.1 Å². The summed E-state index contributed by atoms with van der Waals surface area (Å²) in [4.78, 5) is 11.4. The Morgan fingerprint density at radius 1 is 1.05 bits per heavy atom. The predicted octanol–water partition coefficient (Wildman–Crippen LogP) is 4.82. The molecule has 0 saturated heterocycles. The van der Waals surface area contributed by atoms with E-state index in [9.17, 15) is 21.9 Å². The van der Waals surface area contributed by atoms with Gasteiger partial charge in [-0.1, -0.05) is 57.0 Å². The minimum Gasteiger partial charge on any atom is -0.472 e. The van der Waals surface area contributed by atoms with Crippen LogP contribution in [0.15, 0.2) is 64.8 Å². The average molecular weight is 685 g/mol. The molecule has 0 aromatic carbocycles. The van der Waals surface area contributed by atoms with E-state index in [0.29, 0.717) is 18.2 Å². The fourth-order valence-corrected chi connectivity index (χ4v) is 5.75. The topological polar surface area (TPSA) is 160 Å². The molecule has 0 bridgehead atoms. The van der Waals surface area contributed by atoms with Crippen LogP contribution in [-0.4, -0.2) is 62.2 Å². The number of aliphatic hydroxyl groups is 1. The molecule has 0 aliphatic carbocycles. The maximum Gasteiger partial charge on any atom is 0.264 e. The number of hydrogen-bond acceptors (Lipinski definition) is 10. The molecule has 3 aromatic rings. The van der Waals surface area contributed by atoms with Gasteiger partial charge in [0.2, 0.25) is 15.9 Å². The van der Waals surface area contributed by atoms with Crippen LogP contribution in [0.5, 0.6) is 5.88 Å². The molecule has 1 aliphatic heterocycles. The molecule has 0 fully saturated rings. The molecule has 0 unspecified atom stereocenters. The Bertz CT molecular complexity index is 1450. The number of ether oxygens (including phenoxy) is 1. The van der Waals surface area contributed by atoms with E-state index in [0.717, 1.165) is 18.4 Å². The highest BCUT2D eigenvalue weighted by molar-refractivity contribution is 8.13. The van der Waals surface area contributed by atoms with E-state index in [2.05, 4.69) is 25.0 Å². The van der Waals surface area contributed by atoms with Crippen molar-refractivity contribution in [2.75, 3.05) is 13.1 Å². The summed E-state index contributed by atoms with van der Waals surface area (Å²) in [6, 6.07) is 9.56. The van der Waals surface area contributed by atoms with Gasteiger partial charge in [0, 0.05) is 54.5 Å². The maximum absolute atomic E-state index is 11.7. The van der Waals surface area contributed by atoms with Crippen LogP contribution in [-0.2, 0) is 25.6 Å². The Labute approximate surface area is 262 Å². The van der Waals surface area contributed by atoms with Gasteiger partial charge in [-0.2, -0.15) is 0 Å². The smallest absolute Gasteiger partial charge is 0.264 e. The quantitative estimate of drug-likeness (QED) is 0.233. The molecule has 0 radical (unpaired) electrons. The van der Waals surface area contributed by atoms with Crippen molar-refractivity contribution < 1.29 is 26.7 Å². The molecule has 0 saturated carbocycles. The molecular weight excluding hydrogens is 649 g/mol. The van der Waals surface area contributed by atoms with Crippen LogP contribution >= 0.6 is 33.9 Å². The number of pyridine rings is 3. The number of sulfonamides is 1. The van der Waals surface area contributed by atoms with E-state index in [1.165, 1.54) is 30.6 Å². The van der Waals surface area contributed by atoms with Gasteiger partial charge >= 0.3 is 0 Å². The molecule has 4 rings (SSSR count). The lowest BCUT2D eigenvalue weighted by Crippen LogP contribution is -2.31. The Hall–Kier alpha value is -2.10. The summed E-state index contributed by atoms with van der Waals surface area (Å²) in [5.41, 5.74) is 0.956. The predicted molar refractivity (Wildman–Crippen MR) is 165 cm³/mol. The molecule has 1 aliphatic rings. The molecule has 0 amide bonds. The maximum atomic E-state index is 11.7. The summed E-state index contributed by atoms with van der Waals surface area (Å²) in [5.74, 6) is 0.189. The fourth-order valence-electron chi connectivity index (χ4n) is 3.00. The van der Waals surface area contributed by atoms with Crippen LogP contribution in [0.4, 0.5) is 0 Å². The van der Waals surface area contributed by atoms with Crippen LogP contribution in [0, 0.1) is 0 Å². The van der Waals surface area contributed by atoms with Gasteiger partial charge in [0.1, 0.15) is 26.2 Å². The fraction of sp³-hybridized carbons (Fsp3) is 0.423. The van der Waals surface area contributed by atoms with Crippen molar-refractivity contribution in [2.24, 2.45) is 0 Å². The second-order valence-corrected chi connectivity index (χ2v) is 13.2. The second kappa shape index (κ2) is 19.2. The monoisotopic (exact) mass is 683 g/mol. The molecule has 42 heavy (non-hydrogen) atoms. The zero-order valence-corrected chi connectivity index (χ0v) is 27.6. The first-order chi connectivity index (χ1) is 19.9. The third-order valence-electron chi connectivity index (χ3n) is 5.25. The Balaban J connectivity index is 0.000000309. The summed E-state index contributed by atoms with van der Waals surface area (Å²) >= 11 is 11.3. The average Bonchev–Trinajstić information content (AvgIpc) is 3.10. The van der Waals surface area contributed by atoms with Crippen molar-refractivity contribution in [3.05, 3.63) is 70.9 Å². The lowest BCUT2D eigenvalue weighted by atomic mass is 10.2. The van der Waals surface area contributed by atoms with Gasteiger partial charge in [-0.05, 0) is 43.2 Å². The second-order valence-electron chi connectivity index (χ2n) is 8.18. The zero-order chi connectivity index (χ0) is 31.8. The lowest BCUT2D eigenvalue weighted by Gasteiger charge is -2.12. The van der Waals surface area contributed by atoms with Crippen molar-refractivity contribution in [3.8, 4) is 5.88 Å². The van der Waals surface area contributed by atoms with Gasteiger partial charge in [0.05, 0.1) is 6.10 Å². The van der Waals surface area contributed by atoms with Crippen LogP contribution < -0.4 is 14.8 Å². The van der Waals surface area contributed by atoms with E-state index in [1.54, 1.807) is 12.3 Å². The lowest BCUT2D eigenvalue weighted by molar-refractivity contribution is 0.167. The van der Waals surface area contributed by atoms with Gasteiger partial charge < -0.3 is 15.2 Å². The number of nitrogens with one attached hydrogen (secondary N) is 2. The summed E-state index contributed by atoms with van der Waals surface area (Å²) < 4.78 is 52.8. The van der Waals surface area contributed by atoms with E-state index in [1.807, 2.05) is 39.8 Å². The molecule has 0 spiro atoms. The zero-order valence-electron chi connectivity index (χ0n) is 23.7. The summed E-state index contributed by atoms with van der Waals surface area (Å²) in [7, 11) is -2.20. The molecule has 11 nitrogen and oxygen atoms in total. The van der Waals surface area contributed by atoms with Crippen LogP contribution in [0.2, 0.25) is 10.3 Å². The third-order valence-corrected chi connectivity index (χ3v) is 8.79. The first-order valence-corrected chi connectivity index (χ1v) is 17.6. The molecule has 2 atom stereocenters. The minimum absolute atomic E-state index is 0.109. The number of aromatic nitrogens is 3. The highest BCUT2D eigenvalue weighted by Gasteiger charge is 2.27. The Kier molecular flexibility index (Phi) is 17.4. The molecule has 16 heteroatoms. The number of nitrogens with zero attached hydrogens (tertiary/aromatic N) is 3. The first kappa shape index (κ1) is 37.9. The number of rotatable bonds is 7. The standard InChI is InChI=1S/C10H15ClN2O.C9H12N2O3S.C5H3Cl2NO2S.C2H6/c1-2-9(14)7-12-6-8-4-3-5-13-10(8)11;1-2-7-6-11-15(12,13)8-4-3-5-10-9(8)14-7;6-5-4(11(7,9)10)2-1-3-8-5;1-2/h3-5,9,12,14H,2,6-7H2,1H3;3-5,7,11H,2,6H2,1H3;1-3H;1-2H3/t9-;7-;;/m11../s1. The van der Waals surface area contributed by atoms with Gasteiger partial charge in [-0.15, -0.1) is 0 Å². The normalized spacial score (nSPS) is 15.9. The summed E-state index contributed by atoms with van der Waals surface area (Å²) in [6.07, 6.45) is 5.61. The molecule has 3 N–H and O–H groups in total. The number of fused-ring (bicyclic) bond motifs is 1. The van der Waals surface area contributed by atoms with Gasteiger partial charge in [0.15, 0.2) is 0 Å². The molecule has 3 aromatic heterocycles. The van der Waals surface area contributed by atoms with E-state index in [-0.39, 0.29) is 39.6 Å². The number of halogens is 3. The highest BCUT2D eigenvalue weighted by Crippen LogP contribution is 2.24. The van der Waals surface area contributed by atoms with Crippen molar-refractivity contribution >= 4 is 53.0 Å². The Morgan fingerprint density at radius 3 is 2.19 bits per heavy atom. The SMILES string of the molecule is CC.CC[C@@H](O)CNCc1cccnc1Cl.CC[C@@H]1CNS(=O)(=O)c2cccnc2O1.O=S(=O)(Cl)c1cccnc1Cl. The summed E-state index contributed by atoms with van der Waals surface area (Å²) in [6.45, 7) is 9.40. The minimum atomic E-state index is -3.76. The van der Waals surface area contributed by atoms with Crippen LogP contribution in [0.25, 0.3) is 0 Å². The number of aliphatic hydroxyl groups excluding tert-OH is 1. The molecule has 4 heterocycles.